The van der Waals surface area contributed by atoms with Gasteiger partial charge >= 0.3 is 0 Å². The van der Waals surface area contributed by atoms with Gasteiger partial charge in [0, 0.05) is 6.54 Å². The number of carbonyl (C=O) groups excluding carboxylic acids is 1. The average molecular weight is 379 g/mol. The van der Waals surface area contributed by atoms with Crippen LogP contribution in [0.4, 0.5) is 0 Å². The van der Waals surface area contributed by atoms with E-state index in [0.717, 1.165) is 5.56 Å². The smallest absolute Gasteiger partial charge is 0.230 e. The van der Waals surface area contributed by atoms with Crippen molar-refractivity contribution < 1.29 is 9.21 Å². The van der Waals surface area contributed by atoms with E-state index in [0.29, 0.717) is 28.8 Å². The van der Waals surface area contributed by atoms with E-state index in [9.17, 15) is 4.79 Å². The Balaban J connectivity index is 1.40. The van der Waals surface area contributed by atoms with Crippen molar-refractivity contribution in [1.82, 2.24) is 25.1 Å². The number of nitrogens with zero attached hydrogens (tertiary/aromatic N) is 4. The lowest BCUT2D eigenvalue weighted by Gasteiger charge is -2.05. The Morgan fingerprint density at radius 2 is 2.00 bits per heavy atom. The summed E-state index contributed by atoms with van der Waals surface area (Å²) in [6, 6.07) is 15.4. The van der Waals surface area contributed by atoms with Gasteiger partial charge in [0.05, 0.1) is 12.0 Å². The standard InChI is InChI=1S/C19H17N5O2S/c1-13-4-6-14(7-5-13)11-20-18(25)12-27-19-22-21-17-9-8-15(23-24(17)19)16-3-2-10-26-16/h2-10H,11-12H2,1H3,(H,20,25). The van der Waals surface area contributed by atoms with E-state index in [-0.39, 0.29) is 11.7 Å². The van der Waals surface area contributed by atoms with Crippen LogP contribution in [0.2, 0.25) is 0 Å². The van der Waals surface area contributed by atoms with Gasteiger partial charge in [0.15, 0.2) is 11.4 Å². The number of hydrogen-bond donors (Lipinski definition) is 1. The third kappa shape index (κ3) is 4.01. The summed E-state index contributed by atoms with van der Waals surface area (Å²) in [7, 11) is 0. The van der Waals surface area contributed by atoms with Crippen LogP contribution >= 0.6 is 11.8 Å². The molecule has 0 aliphatic rings. The molecule has 1 aromatic carbocycles. The number of amides is 1. The van der Waals surface area contributed by atoms with Crippen LogP contribution in [-0.4, -0.2) is 31.5 Å². The third-order valence-electron chi connectivity index (χ3n) is 3.95. The van der Waals surface area contributed by atoms with Crippen LogP contribution in [0, 0.1) is 6.92 Å². The minimum absolute atomic E-state index is 0.0699. The summed E-state index contributed by atoms with van der Waals surface area (Å²) in [5.74, 6) is 0.830. The molecule has 0 bridgehead atoms. The highest BCUT2D eigenvalue weighted by Crippen LogP contribution is 2.20. The van der Waals surface area contributed by atoms with Gasteiger partial charge in [-0.3, -0.25) is 4.79 Å². The Bertz CT molecular complexity index is 1060. The van der Waals surface area contributed by atoms with Crippen LogP contribution in [0.15, 0.2) is 64.4 Å². The summed E-state index contributed by atoms with van der Waals surface area (Å²) >= 11 is 1.29. The molecule has 136 valence electrons. The number of furan rings is 1. The molecule has 3 heterocycles. The first-order valence-corrected chi connectivity index (χ1v) is 9.39. The summed E-state index contributed by atoms with van der Waals surface area (Å²) in [6.45, 7) is 2.54. The lowest BCUT2D eigenvalue weighted by atomic mass is 10.1. The Labute approximate surface area is 159 Å². The molecule has 1 amide bonds. The molecule has 0 atom stereocenters. The normalized spacial score (nSPS) is 11.0. The van der Waals surface area contributed by atoms with Gasteiger partial charge in [-0.05, 0) is 36.8 Å². The Morgan fingerprint density at radius 3 is 2.78 bits per heavy atom. The van der Waals surface area contributed by atoms with Gasteiger partial charge < -0.3 is 9.73 Å². The van der Waals surface area contributed by atoms with Crippen LogP contribution in [-0.2, 0) is 11.3 Å². The molecule has 0 spiro atoms. The summed E-state index contributed by atoms with van der Waals surface area (Å²) in [4.78, 5) is 12.1. The number of hydrogen-bond acceptors (Lipinski definition) is 6. The zero-order valence-electron chi connectivity index (χ0n) is 14.6. The summed E-state index contributed by atoms with van der Waals surface area (Å²) in [5.41, 5.74) is 3.56. The zero-order valence-corrected chi connectivity index (χ0v) is 15.4. The number of nitrogens with one attached hydrogen (secondary N) is 1. The van der Waals surface area contributed by atoms with Crippen LogP contribution in [0.25, 0.3) is 17.1 Å². The van der Waals surface area contributed by atoms with E-state index in [1.807, 2.05) is 49.4 Å². The van der Waals surface area contributed by atoms with E-state index in [2.05, 4.69) is 20.6 Å². The van der Waals surface area contributed by atoms with Crippen molar-refractivity contribution in [2.75, 3.05) is 5.75 Å². The van der Waals surface area contributed by atoms with Gasteiger partial charge in [-0.1, -0.05) is 41.6 Å². The second-order valence-electron chi connectivity index (χ2n) is 6.00. The van der Waals surface area contributed by atoms with Gasteiger partial charge in [0.1, 0.15) is 5.69 Å². The minimum atomic E-state index is -0.0699. The maximum Gasteiger partial charge on any atom is 0.230 e. The highest BCUT2D eigenvalue weighted by atomic mass is 32.2. The summed E-state index contributed by atoms with van der Waals surface area (Å²) < 4.78 is 7.00. The minimum Gasteiger partial charge on any atom is -0.463 e. The molecule has 27 heavy (non-hydrogen) atoms. The predicted octanol–water partition coefficient (Wildman–Crippen LogP) is 3.10. The second-order valence-corrected chi connectivity index (χ2v) is 6.94. The first-order valence-electron chi connectivity index (χ1n) is 8.40. The first-order chi connectivity index (χ1) is 13.2. The number of aryl methyl sites for hydroxylation is 1. The number of aromatic nitrogens is 4. The van der Waals surface area contributed by atoms with Crippen LogP contribution in [0.1, 0.15) is 11.1 Å². The summed E-state index contributed by atoms with van der Waals surface area (Å²) in [5, 5.41) is 16.2. The summed E-state index contributed by atoms with van der Waals surface area (Å²) in [6.07, 6.45) is 1.60. The van der Waals surface area contributed by atoms with E-state index in [1.165, 1.54) is 17.3 Å². The fourth-order valence-electron chi connectivity index (χ4n) is 2.50. The second kappa shape index (κ2) is 7.63. The Morgan fingerprint density at radius 1 is 1.15 bits per heavy atom. The molecule has 3 aromatic heterocycles. The van der Waals surface area contributed by atoms with Crippen molar-refractivity contribution in [3.05, 3.63) is 65.9 Å². The highest BCUT2D eigenvalue weighted by Gasteiger charge is 2.12. The van der Waals surface area contributed by atoms with Crippen molar-refractivity contribution in [2.24, 2.45) is 0 Å². The molecule has 0 aliphatic carbocycles. The predicted molar refractivity (Wildman–Crippen MR) is 102 cm³/mol. The van der Waals surface area contributed by atoms with Crippen LogP contribution < -0.4 is 5.32 Å². The fraction of sp³-hybridized carbons (Fsp3) is 0.158. The Kier molecular flexibility index (Phi) is 4.88. The zero-order chi connectivity index (χ0) is 18.6. The maximum absolute atomic E-state index is 12.1. The molecular weight excluding hydrogens is 362 g/mol. The monoisotopic (exact) mass is 379 g/mol. The number of rotatable bonds is 6. The topological polar surface area (TPSA) is 85.3 Å². The van der Waals surface area contributed by atoms with Crippen LogP contribution in [0.5, 0.6) is 0 Å². The molecule has 4 aromatic rings. The van der Waals surface area contributed by atoms with Crippen molar-refractivity contribution in [3.8, 4) is 11.5 Å². The number of benzene rings is 1. The van der Waals surface area contributed by atoms with Gasteiger partial charge in [-0.25, -0.2) is 0 Å². The quantitative estimate of drug-likeness (QED) is 0.518. The van der Waals surface area contributed by atoms with E-state index in [4.69, 9.17) is 4.42 Å². The average Bonchev–Trinajstić information content (AvgIpc) is 3.35. The third-order valence-corrected chi connectivity index (χ3v) is 4.87. The molecule has 8 heteroatoms. The van der Waals surface area contributed by atoms with Gasteiger partial charge in [-0.2, -0.15) is 9.61 Å². The highest BCUT2D eigenvalue weighted by molar-refractivity contribution is 7.99. The largest absolute Gasteiger partial charge is 0.463 e. The van der Waals surface area contributed by atoms with E-state index in [1.54, 1.807) is 16.8 Å². The van der Waals surface area contributed by atoms with Crippen molar-refractivity contribution in [2.45, 2.75) is 18.6 Å². The number of carbonyl (C=O) groups is 1. The van der Waals surface area contributed by atoms with Crippen LogP contribution in [0.3, 0.4) is 0 Å². The molecule has 0 saturated heterocycles. The van der Waals surface area contributed by atoms with Crippen molar-refractivity contribution >= 4 is 23.3 Å². The fourth-order valence-corrected chi connectivity index (χ4v) is 3.22. The molecule has 1 N–H and O–H groups in total. The Hall–Kier alpha value is -3.13. The van der Waals surface area contributed by atoms with Gasteiger partial charge in [0.25, 0.3) is 0 Å². The molecule has 0 fully saturated rings. The lowest BCUT2D eigenvalue weighted by molar-refractivity contribution is -0.118. The first kappa shape index (κ1) is 17.3. The number of fused-ring (bicyclic) bond motifs is 1. The van der Waals surface area contributed by atoms with Gasteiger partial charge in [0.2, 0.25) is 11.1 Å². The number of thioether (sulfide) groups is 1. The van der Waals surface area contributed by atoms with E-state index >= 15 is 0 Å². The SMILES string of the molecule is Cc1ccc(CNC(=O)CSc2nnc3ccc(-c4ccco4)nn23)cc1. The maximum atomic E-state index is 12.1. The van der Waals surface area contributed by atoms with Crippen molar-refractivity contribution in [1.29, 1.82) is 0 Å². The molecule has 0 unspecified atom stereocenters. The molecule has 4 rings (SSSR count). The molecular formula is C19H17N5O2S. The van der Waals surface area contributed by atoms with E-state index < -0.39 is 0 Å². The molecule has 0 radical (unpaired) electrons. The van der Waals surface area contributed by atoms with Gasteiger partial charge in [-0.15, -0.1) is 10.2 Å². The molecule has 7 nitrogen and oxygen atoms in total. The lowest BCUT2D eigenvalue weighted by Crippen LogP contribution is -2.24. The molecule has 0 saturated carbocycles. The van der Waals surface area contributed by atoms with Crippen molar-refractivity contribution in [3.63, 3.8) is 0 Å². The molecule has 0 aliphatic heterocycles.